The van der Waals surface area contributed by atoms with Crippen molar-refractivity contribution in [3.05, 3.63) is 77.2 Å². The molecule has 284 valence electrons. The number of carbonyl (C=O) groups is 3. The number of nitrogens with zero attached hydrogens (tertiary/aromatic N) is 8. The molecule has 3 atom stereocenters. The van der Waals surface area contributed by atoms with Gasteiger partial charge in [0, 0.05) is 75.5 Å². The van der Waals surface area contributed by atoms with Crippen LogP contribution in [0.4, 0.5) is 17.2 Å². The molecular weight excluding hydrogens is 701 g/mol. The fourth-order valence-corrected chi connectivity index (χ4v) is 8.84. The van der Waals surface area contributed by atoms with Crippen LogP contribution in [0, 0.1) is 6.92 Å². The van der Waals surface area contributed by atoms with Gasteiger partial charge in [0.25, 0.3) is 5.91 Å². The number of piperidine rings is 1. The number of hydrogen-bond acceptors (Lipinski definition) is 13. The number of anilines is 3. The van der Waals surface area contributed by atoms with Gasteiger partial charge in [-0.15, -0.1) is 10.2 Å². The number of fused-ring (bicyclic) bond motifs is 4. The Hall–Kier alpha value is -5.83. The third-order valence-corrected chi connectivity index (χ3v) is 11.9. The highest BCUT2D eigenvalue weighted by atomic mass is 16.5. The molecule has 0 radical (unpaired) electrons. The molecule has 15 nitrogen and oxygen atoms in total. The Morgan fingerprint density at radius 2 is 1.85 bits per heavy atom. The van der Waals surface area contributed by atoms with Crippen LogP contribution >= 0.6 is 0 Å². The number of rotatable bonds is 8. The highest BCUT2D eigenvalue weighted by Gasteiger charge is 2.49. The number of para-hydroxylation sites is 1. The number of carbonyl (C=O) groups excluding carboxylic acids is 3. The van der Waals surface area contributed by atoms with E-state index in [-0.39, 0.29) is 35.6 Å². The number of imide groups is 1. The van der Waals surface area contributed by atoms with Crippen LogP contribution in [0.5, 0.6) is 11.6 Å². The van der Waals surface area contributed by atoms with Crippen LogP contribution in [-0.2, 0) is 22.7 Å². The molecule has 9 rings (SSSR count). The Morgan fingerprint density at radius 3 is 2.64 bits per heavy atom. The molecule has 5 aliphatic rings. The second-order valence-corrected chi connectivity index (χ2v) is 15.2. The van der Waals surface area contributed by atoms with Crippen LogP contribution in [0.2, 0.25) is 0 Å². The van der Waals surface area contributed by atoms with E-state index in [0.717, 1.165) is 79.7 Å². The summed E-state index contributed by atoms with van der Waals surface area (Å²) in [5.41, 5.74) is 6.22. The molecule has 0 bridgehead atoms. The first-order valence-electron chi connectivity index (χ1n) is 19.1. The minimum atomic E-state index is -0.617. The number of piperazine rings is 1. The fraction of sp³-hybridized carbons (Fsp3) is 0.425. The van der Waals surface area contributed by atoms with Crippen LogP contribution in [0.1, 0.15) is 59.9 Å². The zero-order chi connectivity index (χ0) is 37.8. The molecule has 4 aromatic rings. The quantitative estimate of drug-likeness (QED) is 0.225. The molecule has 3 amide bonds. The Balaban J connectivity index is 0.815. The second-order valence-electron chi connectivity index (χ2n) is 15.2. The fourth-order valence-electron chi connectivity index (χ4n) is 8.84. The van der Waals surface area contributed by atoms with E-state index in [0.29, 0.717) is 48.8 Å². The lowest BCUT2D eigenvalue weighted by molar-refractivity contribution is -0.136. The van der Waals surface area contributed by atoms with Crippen molar-refractivity contribution in [2.45, 2.75) is 70.3 Å². The summed E-state index contributed by atoms with van der Waals surface area (Å²) in [6.07, 6.45) is 4.04. The summed E-state index contributed by atoms with van der Waals surface area (Å²) >= 11 is 0. The molecule has 5 aliphatic heterocycles. The first-order valence-corrected chi connectivity index (χ1v) is 19.1. The predicted octanol–water partition coefficient (Wildman–Crippen LogP) is 3.26. The Kier molecular flexibility index (Phi) is 8.75. The van der Waals surface area contributed by atoms with Crippen LogP contribution < -0.4 is 25.2 Å². The predicted molar refractivity (Wildman–Crippen MR) is 204 cm³/mol. The van der Waals surface area contributed by atoms with E-state index >= 15 is 0 Å². The maximum Gasteiger partial charge on any atom is 0.255 e. The SMILES string of the molecule is CC[C@]12CNc3nnc(-c4ccccc4O)cc3N1C[C@H](Oc1ncc(CN3CCN(c4ccc5c(c4)C(=O)N([C@H]4CCC(=O)NC4=O)C5)CC3)nc1C)C2. The first kappa shape index (κ1) is 34.9. The smallest absolute Gasteiger partial charge is 0.255 e. The van der Waals surface area contributed by atoms with Gasteiger partial charge in [-0.3, -0.25) is 24.6 Å². The highest BCUT2D eigenvalue weighted by molar-refractivity contribution is 6.05. The van der Waals surface area contributed by atoms with Crippen LogP contribution in [0.15, 0.2) is 54.7 Å². The third-order valence-electron chi connectivity index (χ3n) is 11.9. The normalized spacial score (nSPS) is 23.6. The molecule has 55 heavy (non-hydrogen) atoms. The average Bonchev–Trinajstić information content (AvgIpc) is 3.73. The van der Waals surface area contributed by atoms with Gasteiger partial charge in [-0.25, -0.2) is 9.97 Å². The first-order chi connectivity index (χ1) is 26.7. The molecule has 2 aromatic heterocycles. The number of nitrogens with one attached hydrogen (secondary N) is 2. The Labute approximate surface area is 318 Å². The number of phenols is 1. The third kappa shape index (κ3) is 6.35. The molecule has 2 aromatic carbocycles. The molecule has 0 saturated carbocycles. The van der Waals surface area contributed by atoms with Crippen molar-refractivity contribution >= 4 is 34.9 Å². The minimum Gasteiger partial charge on any atom is -0.507 e. The number of aromatic hydroxyl groups is 1. The van der Waals surface area contributed by atoms with Crippen molar-refractivity contribution in [3.8, 4) is 22.9 Å². The van der Waals surface area contributed by atoms with E-state index in [1.54, 1.807) is 17.0 Å². The minimum absolute atomic E-state index is 0.101. The summed E-state index contributed by atoms with van der Waals surface area (Å²) in [5, 5.41) is 25.2. The molecule has 0 aliphatic carbocycles. The van der Waals surface area contributed by atoms with Gasteiger partial charge in [0.1, 0.15) is 17.9 Å². The summed E-state index contributed by atoms with van der Waals surface area (Å²) in [7, 11) is 0. The number of hydrogen-bond donors (Lipinski definition) is 3. The lowest BCUT2D eigenvalue weighted by Crippen LogP contribution is -2.52. The lowest BCUT2D eigenvalue weighted by Gasteiger charge is -2.43. The molecule has 3 saturated heterocycles. The van der Waals surface area contributed by atoms with E-state index in [1.165, 1.54) is 0 Å². The van der Waals surface area contributed by atoms with E-state index in [4.69, 9.17) is 14.7 Å². The van der Waals surface area contributed by atoms with E-state index in [1.807, 2.05) is 43.5 Å². The van der Waals surface area contributed by atoms with Crippen molar-refractivity contribution in [3.63, 3.8) is 0 Å². The van der Waals surface area contributed by atoms with Crippen molar-refractivity contribution in [2.24, 2.45) is 0 Å². The Morgan fingerprint density at radius 1 is 1.02 bits per heavy atom. The maximum atomic E-state index is 13.4. The number of ether oxygens (including phenoxy) is 1. The van der Waals surface area contributed by atoms with Crippen LogP contribution in [0.3, 0.4) is 0 Å². The number of benzene rings is 2. The molecular formula is C40H44N10O5. The summed E-state index contributed by atoms with van der Waals surface area (Å²) in [6, 6.07) is 14.5. The van der Waals surface area contributed by atoms with Gasteiger partial charge in [-0.2, -0.15) is 0 Å². The number of aryl methyl sites for hydroxylation is 1. The largest absolute Gasteiger partial charge is 0.507 e. The number of aromatic nitrogens is 4. The zero-order valence-electron chi connectivity index (χ0n) is 31.0. The van der Waals surface area contributed by atoms with E-state index in [9.17, 15) is 19.5 Å². The molecule has 3 N–H and O–H groups in total. The topological polar surface area (TPSA) is 169 Å². The number of phenolic OH excluding ortho intramolecular Hbond substituents is 1. The van der Waals surface area contributed by atoms with E-state index in [2.05, 4.69) is 48.5 Å². The van der Waals surface area contributed by atoms with Gasteiger partial charge in [0.15, 0.2) is 5.82 Å². The van der Waals surface area contributed by atoms with Crippen molar-refractivity contribution in [2.75, 3.05) is 54.4 Å². The zero-order valence-corrected chi connectivity index (χ0v) is 31.0. The van der Waals surface area contributed by atoms with Gasteiger partial charge >= 0.3 is 0 Å². The molecule has 0 spiro atoms. The summed E-state index contributed by atoms with van der Waals surface area (Å²) in [5.74, 6) is 0.600. The van der Waals surface area contributed by atoms with Crippen LogP contribution in [0.25, 0.3) is 11.3 Å². The average molecular weight is 745 g/mol. The molecule has 7 heterocycles. The molecule has 3 fully saturated rings. The number of amides is 3. The molecule has 15 heteroatoms. The lowest BCUT2D eigenvalue weighted by atomic mass is 9.90. The summed E-state index contributed by atoms with van der Waals surface area (Å²) < 4.78 is 6.57. The van der Waals surface area contributed by atoms with Gasteiger partial charge in [-0.05, 0) is 55.7 Å². The highest BCUT2D eigenvalue weighted by Crippen LogP contribution is 2.45. The molecule has 0 unspecified atom stereocenters. The second kappa shape index (κ2) is 13.8. The Bertz CT molecular complexity index is 2190. The van der Waals surface area contributed by atoms with Gasteiger partial charge < -0.3 is 29.9 Å². The van der Waals surface area contributed by atoms with Gasteiger partial charge in [-0.1, -0.05) is 25.1 Å². The van der Waals surface area contributed by atoms with Crippen molar-refractivity contribution < 1.29 is 24.2 Å². The van der Waals surface area contributed by atoms with Crippen LogP contribution in [-0.4, -0.2) is 110 Å². The van der Waals surface area contributed by atoms with Gasteiger partial charge in [0.2, 0.25) is 17.7 Å². The summed E-state index contributed by atoms with van der Waals surface area (Å²) in [4.78, 5) is 55.7. The van der Waals surface area contributed by atoms with Crippen molar-refractivity contribution in [1.29, 1.82) is 0 Å². The van der Waals surface area contributed by atoms with Crippen molar-refractivity contribution in [1.82, 2.24) is 35.3 Å². The monoisotopic (exact) mass is 744 g/mol. The van der Waals surface area contributed by atoms with E-state index < -0.39 is 11.9 Å². The van der Waals surface area contributed by atoms with Gasteiger partial charge in [0.05, 0.1) is 41.0 Å². The summed E-state index contributed by atoms with van der Waals surface area (Å²) in [6.45, 7) is 9.84. The maximum absolute atomic E-state index is 13.4. The standard InChI is InChI=1S/C40H44N10O5/c1-3-40-18-28(22-50(40)33-17-31(45-46-36(33)42-23-40)29-6-4-5-7-34(29)51)55-38-24(2)43-26(19-41-38)21-47-12-14-48(15-13-47)27-9-8-25-20-49(39(54)30(25)16-27)32-10-11-35(52)44-37(32)53/h4-9,16-17,19,28,32,51H,3,10-15,18,20-23H2,1-2H3,(H,42,46)(H,44,52,53)/t28-,32+,40+/m1/s1.